The van der Waals surface area contributed by atoms with E-state index in [2.05, 4.69) is 16.9 Å². The Morgan fingerprint density at radius 3 is 2.76 bits per heavy atom. The van der Waals surface area contributed by atoms with Crippen molar-refractivity contribution in [3.63, 3.8) is 0 Å². The lowest BCUT2D eigenvalue weighted by Gasteiger charge is -2.45. The fraction of sp³-hybridized carbons (Fsp3) is 0.448. The average Bonchev–Trinajstić information content (AvgIpc) is 3.12. The van der Waals surface area contributed by atoms with Gasteiger partial charge in [-0.1, -0.05) is 30.8 Å². The van der Waals surface area contributed by atoms with Crippen LogP contribution in [0.3, 0.4) is 0 Å². The fourth-order valence-electron chi connectivity index (χ4n) is 5.88. The number of nitrogens with zero attached hydrogens (tertiary/aromatic N) is 2. The number of hydrogen-bond acceptors (Lipinski definition) is 7. The Bertz CT molecular complexity index is 1270. The predicted molar refractivity (Wildman–Crippen MR) is 143 cm³/mol. The van der Waals surface area contributed by atoms with Crippen LogP contribution in [0.25, 0.3) is 5.70 Å². The molecule has 2 aromatic rings. The number of guanidine groups is 1. The van der Waals surface area contributed by atoms with Crippen molar-refractivity contribution in [1.29, 1.82) is 0 Å². The van der Waals surface area contributed by atoms with E-state index in [9.17, 15) is 9.90 Å². The van der Waals surface area contributed by atoms with Crippen molar-refractivity contribution in [2.45, 2.75) is 69.4 Å². The zero-order valence-corrected chi connectivity index (χ0v) is 22.0. The highest BCUT2D eigenvalue weighted by molar-refractivity contribution is 5.99. The summed E-state index contributed by atoms with van der Waals surface area (Å²) in [6.45, 7) is 10.4. The molecule has 8 heteroatoms. The monoisotopic (exact) mass is 504 g/mol. The molecule has 1 aliphatic carbocycles. The van der Waals surface area contributed by atoms with Crippen LogP contribution in [0, 0.1) is 0 Å². The number of ether oxygens (including phenoxy) is 2. The minimum Gasteiger partial charge on any atom is -0.485 e. The number of nitrogens with one attached hydrogen (secondary N) is 1. The lowest BCUT2D eigenvalue weighted by molar-refractivity contribution is -0.133. The molecule has 4 N–H and O–H groups in total. The number of aliphatic hydroxyl groups is 1. The van der Waals surface area contributed by atoms with E-state index in [1.165, 1.54) is 0 Å². The number of carbonyl (C=O) groups is 1. The number of hydrogen-bond donors (Lipinski definition) is 3. The third-order valence-corrected chi connectivity index (χ3v) is 7.51. The molecule has 4 unspecified atom stereocenters. The molecule has 4 atom stereocenters. The van der Waals surface area contributed by atoms with Crippen molar-refractivity contribution in [2.24, 2.45) is 10.7 Å². The van der Waals surface area contributed by atoms with Crippen LogP contribution < -0.4 is 15.8 Å². The summed E-state index contributed by atoms with van der Waals surface area (Å²) in [5.74, 6) is 0.819. The van der Waals surface area contributed by atoms with Gasteiger partial charge in [-0.3, -0.25) is 9.69 Å². The van der Waals surface area contributed by atoms with Gasteiger partial charge in [0, 0.05) is 31.2 Å². The van der Waals surface area contributed by atoms with Gasteiger partial charge < -0.3 is 25.6 Å². The quantitative estimate of drug-likeness (QED) is 0.556. The van der Waals surface area contributed by atoms with Crippen LogP contribution >= 0.6 is 0 Å². The molecular weight excluding hydrogens is 468 g/mol. The zero-order valence-electron chi connectivity index (χ0n) is 22.0. The number of carbonyl (C=O) groups excluding carboxylic acids is 1. The molecule has 0 saturated heterocycles. The van der Waals surface area contributed by atoms with Gasteiger partial charge in [-0.15, -0.1) is 0 Å². The second-order valence-corrected chi connectivity index (χ2v) is 11.3. The number of nitrogens with two attached hydrogens (primary N) is 1. The van der Waals surface area contributed by atoms with Crippen LogP contribution in [0.2, 0.25) is 0 Å². The van der Waals surface area contributed by atoms with E-state index in [-0.39, 0.29) is 30.4 Å². The fourth-order valence-corrected chi connectivity index (χ4v) is 5.88. The van der Waals surface area contributed by atoms with Gasteiger partial charge in [0.1, 0.15) is 11.4 Å². The van der Waals surface area contributed by atoms with E-state index in [4.69, 9.17) is 15.2 Å². The van der Waals surface area contributed by atoms with E-state index >= 15 is 0 Å². The first-order chi connectivity index (χ1) is 17.5. The summed E-state index contributed by atoms with van der Waals surface area (Å²) in [5, 5.41) is 14.1. The molecule has 2 aliphatic heterocycles. The second-order valence-electron chi connectivity index (χ2n) is 11.3. The Morgan fingerprint density at radius 1 is 1.27 bits per heavy atom. The molecule has 2 heterocycles. The maximum atomic E-state index is 13.3. The van der Waals surface area contributed by atoms with E-state index in [1.54, 1.807) is 12.0 Å². The second kappa shape index (κ2) is 9.19. The zero-order chi connectivity index (χ0) is 26.5. The lowest BCUT2D eigenvalue weighted by Crippen LogP contribution is -2.54. The topological polar surface area (TPSA) is 109 Å². The van der Waals surface area contributed by atoms with Gasteiger partial charge >= 0.3 is 0 Å². The highest BCUT2D eigenvalue weighted by Gasteiger charge is 2.45. The molecule has 0 aromatic heterocycles. The van der Waals surface area contributed by atoms with Crippen LogP contribution in [0.15, 0.2) is 54.0 Å². The Balaban J connectivity index is 1.49. The minimum absolute atomic E-state index is 0.0665. The van der Waals surface area contributed by atoms with Crippen molar-refractivity contribution >= 4 is 17.6 Å². The molecule has 0 radical (unpaired) electrons. The highest BCUT2D eigenvalue weighted by Crippen LogP contribution is 2.45. The Kier molecular flexibility index (Phi) is 6.28. The number of amides is 1. The number of rotatable bonds is 6. The van der Waals surface area contributed by atoms with Gasteiger partial charge in [-0.25, -0.2) is 4.99 Å². The number of aliphatic imine (C=N–C) groups is 1. The number of fused-ring (bicyclic) bond motifs is 2. The summed E-state index contributed by atoms with van der Waals surface area (Å²) < 4.78 is 11.8. The predicted octanol–water partition coefficient (Wildman–Crippen LogP) is 3.46. The summed E-state index contributed by atoms with van der Waals surface area (Å²) >= 11 is 0. The summed E-state index contributed by atoms with van der Waals surface area (Å²) in [6.07, 6.45) is 0.830. The Hall–Kier alpha value is -3.36. The van der Waals surface area contributed by atoms with Crippen molar-refractivity contribution in [3.05, 3.63) is 71.3 Å². The van der Waals surface area contributed by atoms with Crippen LogP contribution in [0.4, 0.5) is 0 Å². The molecule has 37 heavy (non-hydrogen) atoms. The molecule has 0 fully saturated rings. The molecular formula is C29H36N4O4. The minimum atomic E-state index is -0.644. The van der Waals surface area contributed by atoms with Crippen LogP contribution in [-0.4, -0.2) is 52.8 Å². The Morgan fingerprint density at radius 2 is 2.03 bits per heavy atom. The molecule has 0 bridgehead atoms. The summed E-state index contributed by atoms with van der Waals surface area (Å²) in [6, 6.07) is 13.3. The number of methoxy groups -OCH3 is 1. The van der Waals surface area contributed by atoms with Gasteiger partial charge in [0.15, 0.2) is 5.96 Å². The smallest absolute Gasteiger partial charge is 0.232 e. The maximum Gasteiger partial charge on any atom is 0.232 e. The van der Waals surface area contributed by atoms with E-state index in [0.717, 1.165) is 22.3 Å². The van der Waals surface area contributed by atoms with E-state index in [1.807, 2.05) is 63.2 Å². The molecule has 1 amide bonds. The normalized spacial score (nSPS) is 28.1. The number of aliphatic hydroxyl groups excluding tert-OH is 1. The molecule has 3 aliphatic rings. The third kappa shape index (κ3) is 4.71. The summed E-state index contributed by atoms with van der Waals surface area (Å²) in [5.41, 5.74) is 9.79. The molecule has 2 aromatic carbocycles. The largest absolute Gasteiger partial charge is 0.485 e. The van der Waals surface area contributed by atoms with Crippen molar-refractivity contribution in [1.82, 2.24) is 10.2 Å². The van der Waals surface area contributed by atoms with Gasteiger partial charge in [0.05, 0.1) is 36.8 Å². The Labute approximate surface area is 218 Å². The molecule has 8 nitrogen and oxygen atoms in total. The van der Waals surface area contributed by atoms with Gasteiger partial charge in [0.2, 0.25) is 5.91 Å². The van der Waals surface area contributed by atoms with Crippen LogP contribution in [0.5, 0.6) is 5.75 Å². The SMILES string of the molecule is C=C(NC1c2ccccc2CC1O)c1ccc2c(c1)C(N1C(=O)CC(C)(C)N=C1N)CC(C)(COC)O2. The molecule has 0 saturated carbocycles. The standard InChI is InChI=1S/C29H36N4O4/c1-17(31-26-20-9-7-6-8-19(20)13-23(26)34)18-10-11-24-21(12-18)22(14-29(4,37-24)16-36-5)33-25(35)15-28(2,3)32-27(33)30/h6-12,22-23,26,31,34H,1,13-16H2,2-5H3,(H2,30,32). The lowest BCUT2D eigenvalue weighted by atomic mass is 9.85. The molecule has 5 rings (SSSR count). The van der Waals surface area contributed by atoms with Crippen molar-refractivity contribution in [3.8, 4) is 5.75 Å². The first-order valence-corrected chi connectivity index (χ1v) is 12.7. The van der Waals surface area contributed by atoms with E-state index < -0.39 is 17.2 Å². The van der Waals surface area contributed by atoms with Crippen LogP contribution in [0.1, 0.15) is 68.0 Å². The third-order valence-electron chi connectivity index (χ3n) is 7.51. The summed E-state index contributed by atoms with van der Waals surface area (Å²) in [7, 11) is 1.64. The summed E-state index contributed by atoms with van der Waals surface area (Å²) in [4.78, 5) is 19.6. The van der Waals surface area contributed by atoms with E-state index in [0.29, 0.717) is 30.9 Å². The van der Waals surface area contributed by atoms with Crippen LogP contribution in [-0.2, 0) is 16.0 Å². The molecule has 196 valence electrons. The average molecular weight is 505 g/mol. The van der Waals surface area contributed by atoms with Gasteiger partial charge in [0.25, 0.3) is 0 Å². The molecule has 0 spiro atoms. The van der Waals surface area contributed by atoms with Gasteiger partial charge in [-0.2, -0.15) is 0 Å². The van der Waals surface area contributed by atoms with Crippen molar-refractivity contribution in [2.75, 3.05) is 13.7 Å². The maximum absolute atomic E-state index is 13.3. The first kappa shape index (κ1) is 25.3. The number of benzene rings is 2. The first-order valence-electron chi connectivity index (χ1n) is 12.7. The van der Waals surface area contributed by atoms with Gasteiger partial charge in [-0.05, 0) is 55.7 Å². The highest BCUT2D eigenvalue weighted by atomic mass is 16.5. The van der Waals surface area contributed by atoms with Crippen molar-refractivity contribution < 1.29 is 19.4 Å².